The largest absolute Gasteiger partial charge is 0.249 e. The Morgan fingerprint density at radius 3 is 2.32 bits per heavy atom. The van der Waals surface area contributed by atoms with E-state index in [0.29, 0.717) is 0 Å². The first kappa shape index (κ1) is 12.9. The van der Waals surface area contributed by atoms with Crippen LogP contribution in [0.15, 0.2) is 52.3 Å². The first-order chi connectivity index (χ1) is 9.19. The molecule has 0 heterocycles. The molecule has 92 valence electrons. The summed E-state index contributed by atoms with van der Waals surface area (Å²) in [6.45, 7) is 0. The SMILES string of the molecule is N#Cc1ccccc1[S@](=O)c1cccc(F)c1C#N. The quantitative estimate of drug-likeness (QED) is 0.842. The van der Waals surface area contributed by atoms with E-state index in [4.69, 9.17) is 10.5 Å². The van der Waals surface area contributed by atoms with Gasteiger partial charge in [0.2, 0.25) is 0 Å². The summed E-state index contributed by atoms with van der Waals surface area (Å²) in [5.41, 5.74) is -0.0115. The zero-order chi connectivity index (χ0) is 13.8. The van der Waals surface area contributed by atoms with E-state index < -0.39 is 16.6 Å². The van der Waals surface area contributed by atoms with Crippen LogP contribution in [0.25, 0.3) is 0 Å². The van der Waals surface area contributed by atoms with Gasteiger partial charge in [-0.1, -0.05) is 18.2 Å². The minimum Gasteiger partial charge on any atom is -0.249 e. The lowest BCUT2D eigenvalue weighted by atomic mass is 10.2. The van der Waals surface area contributed by atoms with Crippen LogP contribution >= 0.6 is 0 Å². The van der Waals surface area contributed by atoms with Crippen LogP contribution in [0, 0.1) is 28.5 Å². The molecule has 0 saturated carbocycles. The van der Waals surface area contributed by atoms with E-state index in [9.17, 15) is 8.60 Å². The molecule has 3 nitrogen and oxygen atoms in total. The van der Waals surface area contributed by atoms with Crippen molar-refractivity contribution in [1.29, 1.82) is 10.5 Å². The topological polar surface area (TPSA) is 64.7 Å². The average Bonchev–Trinajstić information content (AvgIpc) is 2.46. The molecule has 0 aliphatic rings. The highest BCUT2D eigenvalue weighted by Crippen LogP contribution is 2.23. The Bertz CT molecular complexity index is 744. The second-order valence-electron chi connectivity index (χ2n) is 3.60. The summed E-state index contributed by atoms with van der Waals surface area (Å²) in [7, 11) is -1.76. The molecule has 0 aliphatic heterocycles. The summed E-state index contributed by atoms with van der Waals surface area (Å²) in [5.74, 6) is -0.720. The Hall–Kier alpha value is -2.50. The van der Waals surface area contributed by atoms with E-state index in [1.165, 1.54) is 24.3 Å². The van der Waals surface area contributed by atoms with E-state index in [0.717, 1.165) is 6.07 Å². The molecule has 2 aromatic carbocycles. The minimum atomic E-state index is -1.76. The molecule has 19 heavy (non-hydrogen) atoms. The fraction of sp³-hybridized carbons (Fsp3) is 0. The molecule has 0 bridgehead atoms. The van der Waals surface area contributed by atoms with Crippen LogP contribution in [-0.4, -0.2) is 4.21 Å². The van der Waals surface area contributed by atoms with Crippen LogP contribution in [0.3, 0.4) is 0 Å². The summed E-state index contributed by atoms with van der Waals surface area (Å²) in [4.78, 5) is 0.345. The van der Waals surface area contributed by atoms with Gasteiger partial charge in [0.25, 0.3) is 0 Å². The molecule has 2 aromatic rings. The van der Waals surface area contributed by atoms with Crippen LogP contribution in [0.4, 0.5) is 4.39 Å². The third-order valence-corrected chi connectivity index (χ3v) is 3.99. The highest BCUT2D eigenvalue weighted by molar-refractivity contribution is 7.85. The van der Waals surface area contributed by atoms with Crippen molar-refractivity contribution in [1.82, 2.24) is 0 Å². The van der Waals surface area contributed by atoms with Gasteiger partial charge >= 0.3 is 0 Å². The van der Waals surface area contributed by atoms with Gasteiger partial charge in [-0.05, 0) is 24.3 Å². The smallest absolute Gasteiger partial charge is 0.142 e. The van der Waals surface area contributed by atoms with Gasteiger partial charge in [0, 0.05) is 0 Å². The summed E-state index contributed by atoms with van der Waals surface area (Å²) in [6.07, 6.45) is 0. The van der Waals surface area contributed by atoms with Crippen molar-refractivity contribution in [2.24, 2.45) is 0 Å². The molecular weight excluding hydrogens is 263 g/mol. The van der Waals surface area contributed by atoms with E-state index in [1.807, 2.05) is 6.07 Å². The highest BCUT2D eigenvalue weighted by atomic mass is 32.2. The van der Waals surface area contributed by atoms with Crippen molar-refractivity contribution in [3.8, 4) is 12.1 Å². The number of halogens is 1. The molecule has 0 N–H and O–H groups in total. The lowest BCUT2D eigenvalue weighted by Crippen LogP contribution is -2.00. The predicted octanol–water partition coefficient (Wildman–Crippen LogP) is 2.74. The third-order valence-electron chi connectivity index (χ3n) is 2.49. The van der Waals surface area contributed by atoms with Crippen LogP contribution < -0.4 is 0 Å². The van der Waals surface area contributed by atoms with Gasteiger partial charge in [0.05, 0.1) is 26.2 Å². The molecule has 5 heteroatoms. The molecular formula is C14H7FN2OS. The fourth-order valence-corrected chi connectivity index (χ4v) is 2.89. The Morgan fingerprint density at radius 2 is 1.63 bits per heavy atom. The molecule has 0 fully saturated rings. The Balaban J connectivity index is 2.62. The molecule has 0 aromatic heterocycles. The van der Waals surface area contributed by atoms with Crippen LogP contribution in [0.5, 0.6) is 0 Å². The maximum atomic E-state index is 13.5. The average molecular weight is 270 g/mol. The van der Waals surface area contributed by atoms with Gasteiger partial charge in [0.15, 0.2) is 0 Å². The van der Waals surface area contributed by atoms with Gasteiger partial charge in [-0.25, -0.2) is 8.60 Å². The lowest BCUT2D eigenvalue weighted by molar-refractivity contribution is 0.618. The van der Waals surface area contributed by atoms with Crippen molar-refractivity contribution in [3.63, 3.8) is 0 Å². The fourth-order valence-electron chi connectivity index (χ4n) is 1.61. The second kappa shape index (κ2) is 5.43. The number of hydrogen-bond acceptors (Lipinski definition) is 3. The van der Waals surface area contributed by atoms with Crippen LogP contribution in [-0.2, 0) is 10.8 Å². The molecule has 0 spiro atoms. The van der Waals surface area contributed by atoms with Crippen molar-refractivity contribution < 1.29 is 8.60 Å². The molecule has 0 radical (unpaired) electrons. The van der Waals surface area contributed by atoms with Gasteiger partial charge in [-0.3, -0.25) is 0 Å². The van der Waals surface area contributed by atoms with Crippen molar-refractivity contribution in [2.45, 2.75) is 9.79 Å². The van der Waals surface area contributed by atoms with Crippen molar-refractivity contribution in [3.05, 3.63) is 59.4 Å². The van der Waals surface area contributed by atoms with Gasteiger partial charge < -0.3 is 0 Å². The maximum absolute atomic E-state index is 13.5. The highest BCUT2D eigenvalue weighted by Gasteiger charge is 2.17. The van der Waals surface area contributed by atoms with Gasteiger partial charge in [-0.15, -0.1) is 0 Å². The zero-order valence-electron chi connectivity index (χ0n) is 9.63. The van der Waals surface area contributed by atoms with Crippen molar-refractivity contribution in [2.75, 3.05) is 0 Å². The lowest BCUT2D eigenvalue weighted by Gasteiger charge is -2.06. The summed E-state index contributed by atoms with van der Waals surface area (Å²) < 4.78 is 25.9. The van der Waals surface area contributed by atoms with E-state index in [2.05, 4.69) is 0 Å². The minimum absolute atomic E-state index is 0.0743. The molecule has 1 atom stereocenters. The van der Waals surface area contributed by atoms with Crippen LogP contribution in [0.2, 0.25) is 0 Å². The normalized spacial score (nSPS) is 11.3. The molecule has 0 saturated heterocycles. The third kappa shape index (κ3) is 2.37. The second-order valence-corrected chi connectivity index (χ2v) is 5.02. The standard InChI is InChI=1S/C14H7FN2OS/c15-12-5-3-7-14(11(12)9-17)19(18)13-6-2-1-4-10(13)8-16/h1-7H/t19-/m0/s1. The molecule has 0 aliphatic carbocycles. The summed E-state index contributed by atoms with van der Waals surface area (Å²) in [6, 6.07) is 13.9. The Morgan fingerprint density at radius 1 is 0.947 bits per heavy atom. The number of benzene rings is 2. The monoisotopic (exact) mass is 270 g/mol. The summed E-state index contributed by atoms with van der Waals surface area (Å²) >= 11 is 0. The maximum Gasteiger partial charge on any atom is 0.142 e. The number of hydrogen-bond donors (Lipinski definition) is 0. The molecule has 0 amide bonds. The molecule has 0 unspecified atom stereocenters. The van der Waals surface area contributed by atoms with Crippen molar-refractivity contribution >= 4 is 10.8 Å². The summed E-state index contributed by atoms with van der Waals surface area (Å²) in [5, 5.41) is 17.9. The molecule has 2 rings (SSSR count). The number of nitriles is 2. The zero-order valence-corrected chi connectivity index (χ0v) is 10.4. The van der Waals surface area contributed by atoms with E-state index in [-0.39, 0.29) is 20.9 Å². The first-order valence-electron chi connectivity index (χ1n) is 5.28. The van der Waals surface area contributed by atoms with E-state index >= 15 is 0 Å². The Kier molecular flexibility index (Phi) is 3.70. The van der Waals surface area contributed by atoms with Gasteiger partial charge in [0.1, 0.15) is 23.5 Å². The Labute approximate surface area is 112 Å². The first-order valence-corrected chi connectivity index (χ1v) is 6.43. The van der Waals surface area contributed by atoms with Crippen LogP contribution in [0.1, 0.15) is 11.1 Å². The predicted molar refractivity (Wildman–Crippen MR) is 66.9 cm³/mol. The van der Waals surface area contributed by atoms with Gasteiger partial charge in [-0.2, -0.15) is 10.5 Å². The number of nitrogens with zero attached hydrogens (tertiary/aromatic N) is 2. The van der Waals surface area contributed by atoms with E-state index in [1.54, 1.807) is 18.2 Å². The number of rotatable bonds is 2.